The van der Waals surface area contributed by atoms with Gasteiger partial charge < -0.3 is 14.6 Å². The van der Waals surface area contributed by atoms with E-state index in [4.69, 9.17) is 9.26 Å². The lowest BCUT2D eigenvalue weighted by Crippen LogP contribution is -2.11. The molecule has 0 saturated heterocycles. The molecule has 2 aromatic heterocycles. The molecule has 0 saturated carbocycles. The molecule has 0 unspecified atom stereocenters. The highest BCUT2D eigenvalue weighted by molar-refractivity contribution is 9.10. The molecule has 0 aliphatic carbocycles. The fourth-order valence-corrected chi connectivity index (χ4v) is 4.16. The summed E-state index contributed by atoms with van der Waals surface area (Å²) in [6.07, 6.45) is 0.761. The average molecular weight is 420 g/mol. The summed E-state index contributed by atoms with van der Waals surface area (Å²) in [5.41, 5.74) is 2.51. The van der Waals surface area contributed by atoms with Gasteiger partial charge in [0.1, 0.15) is 5.00 Å². The van der Waals surface area contributed by atoms with Crippen LogP contribution in [0, 0.1) is 6.92 Å². The number of ether oxygens (including phenoxy) is 1. The number of amides is 1. The number of rotatable bonds is 3. The predicted molar refractivity (Wildman–Crippen MR) is 97.8 cm³/mol. The van der Waals surface area contributed by atoms with Gasteiger partial charge in [0.15, 0.2) is 5.82 Å². The van der Waals surface area contributed by atoms with Gasteiger partial charge in [-0.15, -0.1) is 11.3 Å². The van der Waals surface area contributed by atoms with Crippen molar-refractivity contribution in [3.63, 3.8) is 0 Å². The van der Waals surface area contributed by atoms with E-state index in [9.17, 15) is 4.79 Å². The zero-order valence-corrected chi connectivity index (χ0v) is 15.7. The third-order valence-electron chi connectivity index (χ3n) is 3.90. The fraction of sp³-hybridized carbons (Fsp3) is 0.235. The monoisotopic (exact) mass is 419 g/mol. The summed E-state index contributed by atoms with van der Waals surface area (Å²) in [4.78, 5) is 18.0. The van der Waals surface area contributed by atoms with E-state index >= 15 is 0 Å². The molecule has 1 aliphatic heterocycles. The molecule has 1 N–H and O–H groups in total. The first-order chi connectivity index (χ1) is 12.1. The smallest absolute Gasteiger partial charge is 0.261 e. The molecule has 1 aliphatic rings. The normalized spacial score (nSPS) is 13.5. The molecule has 8 heteroatoms. The number of benzene rings is 1. The molecular weight excluding hydrogens is 406 g/mol. The topological polar surface area (TPSA) is 77.2 Å². The van der Waals surface area contributed by atoms with Gasteiger partial charge >= 0.3 is 0 Å². The Hall–Kier alpha value is -2.03. The van der Waals surface area contributed by atoms with Crippen molar-refractivity contribution in [2.24, 2.45) is 0 Å². The number of aromatic nitrogens is 2. The van der Waals surface area contributed by atoms with Crippen LogP contribution in [0.2, 0.25) is 0 Å². The highest BCUT2D eigenvalue weighted by Crippen LogP contribution is 2.42. The Morgan fingerprint density at radius 2 is 2.12 bits per heavy atom. The maximum Gasteiger partial charge on any atom is 0.261 e. The molecule has 128 valence electrons. The van der Waals surface area contributed by atoms with Crippen molar-refractivity contribution < 1.29 is 14.1 Å². The number of carbonyl (C=O) groups is 1. The van der Waals surface area contributed by atoms with Crippen LogP contribution in [-0.4, -0.2) is 22.7 Å². The SMILES string of the molecule is Cc1noc(-c2c(NC(=O)c3ccc(Br)cc3)sc3c2CCOC3)n1. The minimum Gasteiger partial charge on any atom is -0.376 e. The van der Waals surface area contributed by atoms with Crippen LogP contribution in [0.5, 0.6) is 0 Å². The third kappa shape index (κ3) is 3.24. The highest BCUT2D eigenvalue weighted by atomic mass is 79.9. The number of nitrogens with one attached hydrogen (secondary N) is 1. The lowest BCUT2D eigenvalue weighted by Gasteiger charge is -2.12. The highest BCUT2D eigenvalue weighted by Gasteiger charge is 2.26. The second kappa shape index (κ2) is 6.70. The van der Waals surface area contributed by atoms with Crippen molar-refractivity contribution in [3.05, 3.63) is 50.6 Å². The summed E-state index contributed by atoms with van der Waals surface area (Å²) in [6.45, 7) is 2.95. The van der Waals surface area contributed by atoms with Gasteiger partial charge in [0.05, 0.1) is 18.8 Å². The molecule has 1 amide bonds. The van der Waals surface area contributed by atoms with Gasteiger partial charge in [0.25, 0.3) is 11.8 Å². The summed E-state index contributed by atoms with van der Waals surface area (Å²) in [5, 5.41) is 7.59. The third-order valence-corrected chi connectivity index (χ3v) is 5.54. The number of fused-ring (bicyclic) bond motifs is 1. The Bertz CT molecular complexity index is 933. The summed E-state index contributed by atoms with van der Waals surface area (Å²) in [5.74, 6) is 0.819. The minimum absolute atomic E-state index is 0.176. The van der Waals surface area contributed by atoms with E-state index in [0.717, 1.165) is 26.9 Å². The van der Waals surface area contributed by atoms with Gasteiger partial charge in [-0.05, 0) is 43.2 Å². The molecular formula is C17H14BrN3O3S. The van der Waals surface area contributed by atoms with Crippen LogP contribution in [-0.2, 0) is 17.8 Å². The van der Waals surface area contributed by atoms with Crippen LogP contribution in [0.4, 0.5) is 5.00 Å². The minimum atomic E-state index is -0.176. The Morgan fingerprint density at radius 1 is 1.32 bits per heavy atom. The van der Waals surface area contributed by atoms with E-state index < -0.39 is 0 Å². The first kappa shape index (κ1) is 16.4. The molecule has 0 radical (unpaired) electrons. The zero-order valence-electron chi connectivity index (χ0n) is 13.3. The van der Waals surface area contributed by atoms with E-state index in [0.29, 0.717) is 35.5 Å². The average Bonchev–Trinajstić information content (AvgIpc) is 3.18. The first-order valence-electron chi connectivity index (χ1n) is 7.71. The fourth-order valence-electron chi connectivity index (χ4n) is 2.72. The molecule has 0 bridgehead atoms. The lowest BCUT2D eigenvalue weighted by molar-refractivity contribution is 0.102. The van der Waals surface area contributed by atoms with Crippen LogP contribution >= 0.6 is 27.3 Å². The van der Waals surface area contributed by atoms with Crippen molar-refractivity contribution in [1.29, 1.82) is 0 Å². The van der Waals surface area contributed by atoms with Crippen molar-refractivity contribution in [3.8, 4) is 11.5 Å². The number of anilines is 1. The number of thiophene rings is 1. The van der Waals surface area contributed by atoms with Gasteiger partial charge in [-0.1, -0.05) is 21.1 Å². The van der Waals surface area contributed by atoms with E-state index in [1.807, 2.05) is 12.1 Å². The largest absolute Gasteiger partial charge is 0.376 e. The second-order valence-electron chi connectivity index (χ2n) is 5.62. The molecule has 3 aromatic rings. The van der Waals surface area contributed by atoms with Gasteiger partial charge in [0.2, 0.25) is 0 Å². The Morgan fingerprint density at radius 3 is 2.84 bits per heavy atom. The molecule has 0 fully saturated rings. The molecule has 6 nitrogen and oxygen atoms in total. The van der Waals surface area contributed by atoms with E-state index in [2.05, 4.69) is 31.4 Å². The molecule has 25 heavy (non-hydrogen) atoms. The van der Waals surface area contributed by atoms with Crippen LogP contribution in [0.25, 0.3) is 11.5 Å². The number of carbonyl (C=O) groups excluding carboxylic acids is 1. The Balaban J connectivity index is 1.72. The van der Waals surface area contributed by atoms with Crippen molar-refractivity contribution in [2.45, 2.75) is 20.0 Å². The standard InChI is InChI=1S/C17H14BrN3O3S/c1-9-19-16(24-21-9)14-12-6-7-23-8-13(12)25-17(14)20-15(22)10-2-4-11(18)5-3-10/h2-5H,6-8H2,1H3,(H,20,22). The van der Waals surface area contributed by atoms with Crippen molar-refractivity contribution in [2.75, 3.05) is 11.9 Å². The number of hydrogen-bond donors (Lipinski definition) is 1. The molecule has 0 spiro atoms. The Kier molecular flexibility index (Phi) is 4.41. The van der Waals surface area contributed by atoms with Crippen LogP contribution in [0.3, 0.4) is 0 Å². The summed E-state index contributed by atoms with van der Waals surface area (Å²) >= 11 is 4.87. The maximum atomic E-state index is 12.6. The van der Waals surface area contributed by atoms with E-state index in [1.54, 1.807) is 19.1 Å². The first-order valence-corrected chi connectivity index (χ1v) is 9.32. The lowest BCUT2D eigenvalue weighted by atomic mass is 10.1. The zero-order chi connectivity index (χ0) is 17.4. The summed E-state index contributed by atoms with van der Waals surface area (Å²) in [7, 11) is 0. The summed E-state index contributed by atoms with van der Waals surface area (Å²) in [6, 6.07) is 7.22. The molecule has 4 rings (SSSR count). The number of hydrogen-bond acceptors (Lipinski definition) is 6. The predicted octanol–water partition coefficient (Wildman–Crippen LogP) is 4.19. The van der Waals surface area contributed by atoms with Crippen LogP contribution in [0.1, 0.15) is 26.6 Å². The quantitative estimate of drug-likeness (QED) is 0.688. The van der Waals surface area contributed by atoms with Crippen LogP contribution < -0.4 is 5.32 Å². The van der Waals surface area contributed by atoms with Crippen LogP contribution in [0.15, 0.2) is 33.3 Å². The number of nitrogens with zero attached hydrogens (tertiary/aromatic N) is 2. The van der Waals surface area contributed by atoms with Gasteiger partial charge in [0, 0.05) is 14.9 Å². The maximum absolute atomic E-state index is 12.6. The molecule has 0 atom stereocenters. The van der Waals surface area contributed by atoms with Gasteiger partial charge in [-0.2, -0.15) is 4.98 Å². The second-order valence-corrected chi connectivity index (χ2v) is 7.64. The van der Waals surface area contributed by atoms with Crippen molar-refractivity contribution >= 4 is 38.2 Å². The summed E-state index contributed by atoms with van der Waals surface area (Å²) < 4.78 is 11.8. The number of aryl methyl sites for hydroxylation is 1. The van der Waals surface area contributed by atoms with E-state index in [1.165, 1.54) is 11.3 Å². The molecule has 1 aromatic carbocycles. The number of halogens is 1. The van der Waals surface area contributed by atoms with E-state index in [-0.39, 0.29) is 5.91 Å². The Labute approximate surface area is 156 Å². The van der Waals surface area contributed by atoms with Gasteiger partial charge in [-0.25, -0.2) is 0 Å². The van der Waals surface area contributed by atoms with Gasteiger partial charge in [-0.3, -0.25) is 4.79 Å². The van der Waals surface area contributed by atoms with Crippen molar-refractivity contribution in [1.82, 2.24) is 10.1 Å². The molecule has 3 heterocycles.